The topological polar surface area (TPSA) is 37.4 Å². The molecule has 2 fully saturated rings. The molecule has 0 spiro atoms. The molecule has 2 saturated heterocycles. The molecule has 5 rings (SSSR count). The molecule has 26 heavy (non-hydrogen) atoms. The summed E-state index contributed by atoms with van der Waals surface area (Å²) in [5, 5.41) is 4.24. The van der Waals surface area contributed by atoms with Crippen LogP contribution in [0.5, 0.6) is 10.9 Å². The summed E-state index contributed by atoms with van der Waals surface area (Å²) in [5.41, 5.74) is 2.35. The maximum Gasteiger partial charge on any atom is 0.279 e. The summed E-state index contributed by atoms with van der Waals surface area (Å²) in [6, 6.07) is 16.6. The average Bonchev–Trinajstić information content (AvgIpc) is 3.29. The number of piperidine rings is 1. The van der Waals surface area contributed by atoms with Crippen LogP contribution in [0, 0.1) is 11.8 Å². The van der Waals surface area contributed by atoms with E-state index in [1.807, 2.05) is 18.2 Å². The van der Waals surface area contributed by atoms with Gasteiger partial charge >= 0.3 is 0 Å². The van der Waals surface area contributed by atoms with Crippen molar-refractivity contribution in [3.8, 4) is 10.9 Å². The Balaban J connectivity index is 1.22. The van der Waals surface area contributed by atoms with Gasteiger partial charge in [0.2, 0.25) is 0 Å². The van der Waals surface area contributed by atoms with Gasteiger partial charge in [0.25, 0.3) is 5.19 Å². The van der Waals surface area contributed by atoms with E-state index >= 15 is 0 Å². The lowest BCUT2D eigenvalue weighted by atomic mass is 9.88. The molecule has 0 amide bonds. The standard InChI is InChI=1S/C21H23N3OS/c1-2-4-20-19(3-1)23-21(26-20)25-18-7-5-15(6-8-18)13-24-10-9-16-11-22-12-17(16)14-24/h1-8,16-17,22H,9-14H2. The van der Waals surface area contributed by atoms with E-state index in [0.717, 1.165) is 34.3 Å². The molecule has 2 aromatic carbocycles. The van der Waals surface area contributed by atoms with Crippen LogP contribution in [-0.4, -0.2) is 36.1 Å². The van der Waals surface area contributed by atoms with Crippen molar-refractivity contribution in [2.45, 2.75) is 13.0 Å². The highest BCUT2D eigenvalue weighted by atomic mass is 32.1. The molecule has 4 nitrogen and oxygen atoms in total. The van der Waals surface area contributed by atoms with Crippen molar-refractivity contribution in [3.63, 3.8) is 0 Å². The molecule has 0 saturated carbocycles. The van der Waals surface area contributed by atoms with Gasteiger partial charge in [-0.1, -0.05) is 35.6 Å². The smallest absolute Gasteiger partial charge is 0.279 e. The van der Waals surface area contributed by atoms with Crippen LogP contribution >= 0.6 is 11.3 Å². The minimum Gasteiger partial charge on any atom is -0.431 e. The number of aromatic nitrogens is 1. The molecule has 0 radical (unpaired) electrons. The van der Waals surface area contributed by atoms with E-state index in [1.54, 1.807) is 11.3 Å². The largest absolute Gasteiger partial charge is 0.431 e. The summed E-state index contributed by atoms with van der Waals surface area (Å²) in [6.45, 7) is 5.88. The summed E-state index contributed by atoms with van der Waals surface area (Å²) < 4.78 is 7.11. The Kier molecular flexibility index (Phi) is 4.36. The highest BCUT2D eigenvalue weighted by molar-refractivity contribution is 7.20. The predicted molar refractivity (Wildman–Crippen MR) is 106 cm³/mol. The first-order valence-corrected chi connectivity index (χ1v) is 10.2. The number of hydrogen-bond donors (Lipinski definition) is 1. The van der Waals surface area contributed by atoms with Crippen LogP contribution in [0.15, 0.2) is 48.5 Å². The van der Waals surface area contributed by atoms with Crippen molar-refractivity contribution in [2.24, 2.45) is 11.8 Å². The Hall–Kier alpha value is -1.95. The van der Waals surface area contributed by atoms with Crippen molar-refractivity contribution >= 4 is 21.6 Å². The molecular weight excluding hydrogens is 342 g/mol. The van der Waals surface area contributed by atoms with Gasteiger partial charge in [-0.15, -0.1) is 0 Å². The molecule has 2 aliphatic rings. The molecule has 2 aliphatic heterocycles. The van der Waals surface area contributed by atoms with Crippen LogP contribution < -0.4 is 10.1 Å². The van der Waals surface area contributed by atoms with Gasteiger partial charge in [-0.2, -0.15) is 0 Å². The second-order valence-electron chi connectivity index (χ2n) is 7.40. The molecule has 1 N–H and O–H groups in total. The molecule has 3 aromatic rings. The van der Waals surface area contributed by atoms with Gasteiger partial charge in [-0.05, 0) is 67.7 Å². The molecule has 1 aromatic heterocycles. The number of likely N-dealkylation sites (tertiary alicyclic amines) is 1. The third-order valence-electron chi connectivity index (χ3n) is 5.60. The number of para-hydroxylation sites is 1. The zero-order valence-corrected chi connectivity index (χ0v) is 15.5. The Labute approximate surface area is 157 Å². The van der Waals surface area contributed by atoms with Crippen LogP contribution in [0.3, 0.4) is 0 Å². The average molecular weight is 366 g/mol. The number of benzene rings is 2. The van der Waals surface area contributed by atoms with Crippen molar-refractivity contribution in [1.82, 2.24) is 15.2 Å². The summed E-state index contributed by atoms with van der Waals surface area (Å²) >= 11 is 1.59. The van der Waals surface area contributed by atoms with Crippen LogP contribution in [0.1, 0.15) is 12.0 Å². The van der Waals surface area contributed by atoms with Crippen molar-refractivity contribution in [3.05, 3.63) is 54.1 Å². The van der Waals surface area contributed by atoms with Gasteiger partial charge in [0, 0.05) is 13.1 Å². The van der Waals surface area contributed by atoms with Gasteiger partial charge in [-0.3, -0.25) is 4.90 Å². The van der Waals surface area contributed by atoms with Gasteiger partial charge in [0.05, 0.1) is 10.2 Å². The first-order chi connectivity index (χ1) is 12.8. The SMILES string of the molecule is c1ccc2sc(Oc3ccc(CN4CCC5CNCC5C4)cc3)nc2c1. The fraction of sp³-hybridized carbons (Fsp3) is 0.381. The predicted octanol–water partition coefficient (Wildman–Crippen LogP) is 4.13. The highest BCUT2D eigenvalue weighted by Crippen LogP contribution is 2.31. The van der Waals surface area contributed by atoms with Crippen LogP contribution in [-0.2, 0) is 6.54 Å². The Morgan fingerprint density at radius 1 is 1.08 bits per heavy atom. The van der Waals surface area contributed by atoms with E-state index in [1.165, 1.54) is 38.2 Å². The molecule has 0 bridgehead atoms. The van der Waals surface area contributed by atoms with E-state index in [2.05, 4.69) is 45.5 Å². The van der Waals surface area contributed by atoms with Crippen molar-refractivity contribution in [2.75, 3.05) is 26.2 Å². The lowest BCUT2D eigenvalue weighted by Gasteiger charge is -2.34. The van der Waals surface area contributed by atoms with Gasteiger partial charge in [-0.25, -0.2) is 4.98 Å². The first kappa shape index (κ1) is 16.2. The molecule has 2 unspecified atom stereocenters. The highest BCUT2D eigenvalue weighted by Gasteiger charge is 2.32. The number of thiazole rings is 1. The quantitative estimate of drug-likeness (QED) is 0.754. The van der Waals surface area contributed by atoms with E-state index in [-0.39, 0.29) is 0 Å². The second-order valence-corrected chi connectivity index (χ2v) is 8.39. The fourth-order valence-electron chi connectivity index (χ4n) is 4.17. The number of fused-ring (bicyclic) bond motifs is 2. The lowest BCUT2D eigenvalue weighted by molar-refractivity contribution is 0.142. The van der Waals surface area contributed by atoms with E-state index < -0.39 is 0 Å². The lowest BCUT2D eigenvalue weighted by Crippen LogP contribution is -2.39. The molecule has 5 heteroatoms. The minimum atomic E-state index is 0.703. The van der Waals surface area contributed by atoms with E-state index in [9.17, 15) is 0 Å². The fourth-order valence-corrected chi connectivity index (χ4v) is 5.01. The third-order valence-corrected chi connectivity index (χ3v) is 6.51. The van der Waals surface area contributed by atoms with Crippen LogP contribution in [0.4, 0.5) is 0 Å². The molecule has 3 heterocycles. The summed E-state index contributed by atoms with van der Waals surface area (Å²) in [4.78, 5) is 7.13. The van der Waals surface area contributed by atoms with Crippen molar-refractivity contribution < 1.29 is 4.74 Å². The minimum absolute atomic E-state index is 0.703. The first-order valence-electron chi connectivity index (χ1n) is 9.39. The third kappa shape index (κ3) is 3.34. The zero-order valence-electron chi connectivity index (χ0n) is 14.7. The number of hydrogen-bond acceptors (Lipinski definition) is 5. The van der Waals surface area contributed by atoms with E-state index in [4.69, 9.17) is 4.74 Å². The zero-order chi connectivity index (χ0) is 17.3. The monoisotopic (exact) mass is 365 g/mol. The van der Waals surface area contributed by atoms with E-state index in [0.29, 0.717) is 5.19 Å². The molecular formula is C21H23N3OS. The van der Waals surface area contributed by atoms with Gasteiger partial charge in [0.15, 0.2) is 0 Å². The molecule has 134 valence electrons. The molecule has 2 atom stereocenters. The Bertz CT molecular complexity index is 859. The summed E-state index contributed by atoms with van der Waals surface area (Å²) in [7, 11) is 0. The molecule has 0 aliphatic carbocycles. The van der Waals surface area contributed by atoms with Crippen LogP contribution in [0.25, 0.3) is 10.2 Å². The number of nitrogens with zero attached hydrogens (tertiary/aromatic N) is 2. The summed E-state index contributed by atoms with van der Waals surface area (Å²) in [6.07, 6.45) is 1.33. The van der Waals surface area contributed by atoms with Gasteiger partial charge < -0.3 is 10.1 Å². The number of nitrogens with one attached hydrogen (secondary N) is 1. The Morgan fingerprint density at radius 2 is 1.92 bits per heavy atom. The number of ether oxygens (including phenoxy) is 1. The Morgan fingerprint density at radius 3 is 2.81 bits per heavy atom. The van der Waals surface area contributed by atoms with Crippen molar-refractivity contribution in [1.29, 1.82) is 0 Å². The maximum absolute atomic E-state index is 5.95. The number of rotatable bonds is 4. The maximum atomic E-state index is 5.95. The van der Waals surface area contributed by atoms with Crippen LogP contribution in [0.2, 0.25) is 0 Å². The summed E-state index contributed by atoms with van der Waals surface area (Å²) in [5.74, 6) is 2.59. The normalized spacial score (nSPS) is 23.2. The van der Waals surface area contributed by atoms with Gasteiger partial charge in [0.1, 0.15) is 5.75 Å². The second kappa shape index (κ2) is 6.99.